The molecule has 3 nitrogen and oxygen atoms in total. The number of aliphatic imine (C=N–C) groups is 1. The van der Waals surface area contributed by atoms with Crippen LogP contribution in [0.4, 0.5) is 0 Å². The first-order valence-electron chi connectivity index (χ1n) is 6.52. The predicted octanol–water partition coefficient (Wildman–Crippen LogP) is 2.60. The highest BCUT2D eigenvalue weighted by Crippen LogP contribution is 2.34. The van der Waals surface area contributed by atoms with Gasteiger partial charge in [-0.25, -0.2) is 0 Å². The molecule has 1 N–H and O–H groups in total. The van der Waals surface area contributed by atoms with Crippen molar-refractivity contribution in [3.8, 4) is 0 Å². The van der Waals surface area contributed by atoms with E-state index in [0.29, 0.717) is 11.3 Å². The Hall–Kier alpha value is -1.00. The Bertz CT molecular complexity index is 415. The van der Waals surface area contributed by atoms with E-state index >= 15 is 0 Å². The van der Waals surface area contributed by atoms with E-state index in [4.69, 9.17) is 4.74 Å². The third-order valence-corrected chi connectivity index (χ3v) is 4.49. The molecule has 0 saturated carbocycles. The maximum atomic E-state index is 5.48. The monoisotopic (exact) mass is 262 g/mol. The minimum atomic E-state index is 0.444. The Labute approximate surface area is 112 Å². The Morgan fingerprint density at radius 1 is 1.28 bits per heavy atom. The molecule has 2 aliphatic heterocycles. The highest BCUT2D eigenvalue weighted by atomic mass is 32.2. The summed E-state index contributed by atoms with van der Waals surface area (Å²) in [5, 5.41) is 5.06. The van der Waals surface area contributed by atoms with Gasteiger partial charge in [0.2, 0.25) is 0 Å². The van der Waals surface area contributed by atoms with Crippen molar-refractivity contribution in [1.29, 1.82) is 0 Å². The van der Waals surface area contributed by atoms with Gasteiger partial charge < -0.3 is 10.1 Å². The Kier molecular flexibility index (Phi) is 3.86. The molecule has 1 aromatic rings. The zero-order chi connectivity index (χ0) is 12.2. The number of ether oxygens (including phenoxy) is 1. The van der Waals surface area contributed by atoms with E-state index in [9.17, 15) is 0 Å². The largest absolute Gasteiger partial charge is 0.379 e. The molecule has 4 heteroatoms. The van der Waals surface area contributed by atoms with Gasteiger partial charge in [0.05, 0.1) is 24.4 Å². The SMILES string of the molecule is c1ccc(C2CN=C(NC3CCCOC3)S2)cc1. The van der Waals surface area contributed by atoms with Gasteiger partial charge in [-0.2, -0.15) is 0 Å². The van der Waals surface area contributed by atoms with Crippen molar-refractivity contribution in [3.63, 3.8) is 0 Å². The smallest absolute Gasteiger partial charge is 0.157 e. The van der Waals surface area contributed by atoms with E-state index in [1.165, 1.54) is 12.0 Å². The van der Waals surface area contributed by atoms with Gasteiger partial charge in [0, 0.05) is 6.61 Å². The Morgan fingerprint density at radius 3 is 2.94 bits per heavy atom. The van der Waals surface area contributed by atoms with Crippen LogP contribution in [0.5, 0.6) is 0 Å². The lowest BCUT2D eigenvalue weighted by molar-refractivity contribution is 0.0767. The topological polar surface area (TPSA) is 33.6 Å². The molecule has 2 aliphatic rings. The van der Waals surface area contributed by atoms with E-state index in [-0.39, 0.29) is 0 Å². The van der Waals surface area contributed by atoms with Crippen LogP contribution < -0.4 is 5.32 Å². The minimum Gasteiger partial charge on any atom is -0.379 e. The van der Waals surface area contributed by atoms with Crippen LogP contribution in [0.25, 0.3) is 0 Å². The van der Waals surface area contributed by atoms with Crippen molar-refractivity contribution in [2.75, 3.05) is 19.8 Å². The summed E-state index contributed by atoms with van der Waals surface area (Å²) in [6.07, 6.45) is 2.34. The molecule has 18 heavy (non-hydrogen) atoms. The lowest BCUT2D eigenvalue weighted by atomic mass is 10.1. The maximum Gasteiger partial charge on any atom is 0.157 e. The highest BCUT2D eigenvalue weighted by Gasteiger charge is 2.23. The Morgan fingerprint density at radius 2 is 2.17 bits per heavy atom. The summed E-state index contributed by atoms with van der Waals surface area (Å²) in [4.78, 5) is 4.60. The number of rotatable bonds is 2. The minimum absolute atomic E-state index is 0.444. The normalized spacial score (nSPS) is 27.9. The van der Waals surface area contributed by atoms with E-state index < -0.39 is 0 Å². The zero-order valence-electron chi connectivity index (χ0n) is 10.3. The van der Waals surface area contributed by atoms with Crippen LogP contribution >= 0.6 is 11.8 Å². The van der Waals surface area contributed by atoms with Crippen LogP contribution in [0.2, 0.25) is 0 Å². The molecular weight excluding hydrogens is 244 g/mol. The van der Waals surface area contributed by atoms with E-state index in [0.717, 1.165) is 31.3 Å². The van der Waals surface area contributed by atoms with Crippen LogP contribution in [-0.4, -0.2) is 31.0 Å². The fourth-order valence-corrected chi connectivity index (χ4v) is 3.42. The van der Waals surface area contributed by atoms with Gasteiger partial charge in [0.15, 0.2) is 5.17 Å². The fourth-order valence-electron chi connectivity index (χ4n) is 2.33. The van der Waals surface area contributed by atoms with Crippen LogP contribution in [0.1, 0.15) is 23.7 Å². The highest BCUT2D eigenvalue weighted by molar-refractivity contribution is 8.14. The van der Waals surface area contributed by atoms with Crippen molar-refractivity contribution in [2.24, 2.45) is 4.99 Å². The third-order valence-electron chi connectivity index (χ3n) is 3.31. The van der Waals surface area contributed by atoms with Gasteiger partial charge in [-0.15, -0.1) is 0 Å². The molecule has 0 aliphatic carbocycles. The van der Waals surface area contributed by atoms with Gasteiger partial charge in [0.1, 0.15) is 0 Å². The van der Waals surface area contributed by atoms with Crippen molar-refractivity contribution in [3.05, 3.63) is 35.9 Å². The lowest BCUT2D eigenvalue weighted by Crippen LogP contribution is -2.39. The second kappa shape index (κ2) is 5.76. The molecule has 96 valence electrons. The number of amidine groups is 1. The van der Waals surface area contributed by atoms with Crippen molar-refractivity contribution in [1.82, 2.24) is 5.32 Å². The summed E-state index contributed by atoms with van der Waals surface area (Å²) < 4.78 is 5.48. The first kappa shape index (κ1) is 12.1. The molecule has 1 fully saturated rings. The average molecular weight is 262 g/mol. The van der Waals surface area contributed by atoms with E-state index in [2.05, 4.69) is 40.6 Å². The molecule has 0 bridgehead atoms. The summed E-state index contributed by atoms with van der Waals surface area (Å²) in [5.74, 6) is 0. The predicted molar refractivity (Wildman–Crippen MR) is 76.1 cm³/mol. The van der Waals surface area contributed by atoms with Crippen molar-refractivity contribution in [2.45, 2.75) is 24.1 Å². The summed E-state index contributed by atoms with van der Waals surface area (Å²) in [6.45, 7) is 2.60. The molecule has 3 rings (SSSR count). The van der Waals surface area contributed by atoms with Crippen molar-refractivity contribution >= 4 is 16.9 Å². The lowest BCUT2D eigenvalue weighted by Gasteiger charge is -2.23. The van der Waals surface area contributed by atoms with Crippen LogP contribution in [-0.2, 0) is 4.74 Å². The van der Waals surface area contributed by atoms with Crippen LogP contribution in [0.3, 0.4) is 0 Å². The number of nitrogens with one attached hydrogen (secondary N) is 1. The first-order valence-corrected chi connectivity index (χ1v) is 7.40. The second-order valence-electron chi connectivity index (χ2n) is 4.72. The molecule has 0 spiro atoms. The number of thioether (sulfide) groups is 1. The van der Waals surface area contributed by atoms with Gasteiger partial charge in [-0.3, -0.25) is 4.99 Å². The third kappa shape index (κ3) is 2.87. The zero-order valence-corrected chi connectivity index (χ0v) is 11.2. The average Bonchev–Trinajstić information content (AvgIpc) is 2.89. The molecule has 1 saturated heterocycles. The Balaban J connectivity index is 1.54. The van der Waals surface area contributed by atoms with Gasteiger partial charge in [-0.05, 0) is 18.4 Å². The second-order valence-corrected chi connectivity index (χ2v) is 5.91. The van der Waals surface area contributed by atoms with Gasteiger partial charge in [0.25, 0.3) is 0 Å². The number of benzene rings is 1. The van der Waals surface area contributed by atoms with E-state index in [1.807, 2.05) is 11.8 Å². The molecular formula is C14H18N2OS. The number of nitrogens with zero attached hydrogens (tertiary/aromatic N) is 1. The molecule has 0 radical (unpaired) electrons. The first-order chi connectivity index (χ1) is 8.92. The maximum absolute atomic E-state index is 5.48. The number of hydrogen-bond donors (Lipinski definition) is 1. The summed E-state index contributed by atoms with van der Waals surface area (Å²) in [6, 6.07) is 11.0. The van der Waals surface area contributed by atoms with Gasteiger partial charge in [-0.1, -0.05) is 42.1 Å². The molecule has 0 aromatic heterocycles. The van der Waals surface area contributed by atoms with Crippen molar-refractivity contribution < 1.29 is 4.74 Å². The standard InChI is InChI=1S/C14H18N2OS/c1-2-5-11(6-3-1)13-9-15-14(18-13)16-12-7-4-8-17-10-12/h1-3,5-6,12-13H,4,7-10H2,(H,15,16). The summed E-state index contributed by atoms with van der Waals surface area (Å²) in [5.41, 5.74) is 1.36. The summed E-state index contributed by atoms with van der Waals surface area (Å²) >= 11 is 1.84. The molecule has 0 amide bonds. The van der Waals surface area contributed by atoms with Gasteiger partial charge >= 0.3 is 0 Å². The number of hydrogen-bond acceptors (Lipinski definition) is 4. The molecule has 2 unspecified atom stereocenters. The van der Waals surface area contributed by atoms with Crippen LogP contribution in [0.15, 0.2) is 35.3 Å². The van der Waals surface area contributed by atoms with Crippen LogP contribution in [0, 0.1) is 0 Å². The molecule has 1 aromatic carbocycles. The molecule has 2 heterocycles. The summed E-state index contributed by atoms with van der Waals surface area (Å²) in [7, 11) is 0. The van der Waals surface area contributed by atoms with E-state index in [1.54, 1.807) is 0 Å². The quantitative estimate of drug-likeness (QED) is 0.889. The fraction of sp³-hybridized carbons (Fsp3) is 0.500. The molecule has 2 atom stereocenters.